The first kappa shape index (κ1) is 13.8. The SMILES string of the molecule is Cc1c(N)cc(C(=O)c2c[nH]c3cc(Br)ccc23)cc1F. The molecule has 0 spiro atoms. The normalized spacial score (nSPS) is 11.0. The van der Waals surface area contributed by atoms with Gasteiger partial charge in [0, 0.05) is 44.0 Å². The van der Waals surface area contributed by atoms with E-state index in [1.54, 1.807) is 13.1 Å². The van der Waals surface area contributed by atoms with Gasteiger partial charge in [0.15, 0.2) is 5.78 Å². The molecule has 3 N–H and O–H groups in total. The lowest BCUT2D eigenvalue weighted by molar-refractivity contribution is 0.104. The first-order valence-electron chi connectivity index (χ1n) is 6.34. The van der Waals surface area contributed by atoms with Crippen LogP contribution < -0.4 is 5.73 Å². The van der Waals surface area contributed by atoms with Gasteiger partial charge >= 0.3 is 0 Å². The van der Waals surface area contributed by atoms with Crippen molar-refractivity contribution < 1.29 is 9.18 Å². The molecule has 0 fully saturated rings. The van der Waals surface area contributed by atoms with Crippen molar-refractivity contribution in [1.82, 2.24) is 4.98 Å². The fraction of sp³-hybridized carbons (Fsp3) is 0.0625. The fourth-order valence-corrected chi connectivity index (χ4v) is 2.63. The molecule has 0 saturated carbocycles. The summed E-state index contributed by atoms with van der Waals surface area (Å²) in [5.41, 5.74) is 7.96. The summed E-state index contributed by atoms with van der Waals surface area (Å²) in [6.45, 7) is 1.59. The van der Waals surface area contributed by atoms with Crippen LogP contribution in [0.1, 0.15) is 21.5 Å². The summed E-state index contributed by atoms with van der Waals surface area (Å²) < 4.78 is 14.7. The highest BCUT2D eigenvalue weighted by molar-refractivity contribution is 9.10. The Morgan fingerprint density at radius 1 is 1.29 bits per heavy atom. The Labute approximate surface area is 129 Å². The van der Waals surface area contributed by atoms with Gasteiger partial charge in [-0.25, -0.2) is 4.39 Å². The number of halogens is 2. The van der Waals surface area contributed by atoms with E-state index in [0.717, 1.165) is 15.4 Å². The summed E-state index contributed by atoms with van der Waals surface area (Å²) in [6.07, 6.45) is 1.63. The van der Waals surface area contributed by atoms with Crippen LogP contribution >= 0.6 is 15.9 Å². The number of hydrogen-bond donors (Lipinski definition) is 2. The minimum Gasteiger partial charge on any atom is -0.398 e. The van der Waals surface area contributed by atoms with E-state index in [1.165, 1.54) is 12.1 Å². The predicted octanol–water partition coefficient (Wildman–Crippen LogP) is 4.19. The Balaban J connectivity index is 2.13. The molecule has 0 bridgehead atoms. The minimum absolute atomic E-state index is 0.249. The number of benzene rings is 2. The van der Waals surface area contributed by atoms with E-state index in [9.17, 15) is 9.18 Å². The van der Waals surface area contributed by atoms with Gasteiger partial charge in [0.1, 0.15) is 5.82 Å². The molecule has 3 rings (SSSR count). The number of fused-ring (bicyclic) bond motifs is 1. The van der Waals surface area contributed by atoms with E-state index in [0.29, 0.717) is 11.1 Å². The molecular formula is C16H12BrFN2O. The van der Waals surface area contributed by atoms with Crippen molar-refractivity contribution in [3.63, 3.8) is 0 Å². The van der Waals surface area contributed by atoms with Crippen molar-refractivity contribution in [2.75, 3.05) is 5.73 Å². The molecule has 0 aliphatic heterocycles. The van der Waals surface area contributed by atoms with Crippen LogP contribution in [0.3, 0.4) is 0 Å². The number of carbonyl (C=O) groups is 1. The summed E-state index contributed by atoms with van der Waals surface area (Å²) in [5.74, 6) is -0.727. The number of nitrogens with two attached hydrogens (primary N) is 1. The van der Waals surface area contributed by atoms with Gasteiger partial charge in [0.2, 0.25) is 0 Å². The second-order valence-electron chi connectivity index (χ2n) is 4.89. The van der Waals surface area contributed by atoms with E-state index >= 15 is 0 Å². The zero-order valence-electron chi connectivity index (χ0n) is 11.2. The lowest BCUT2D eigenvalue weighted by Crippen LogP contribution is -2.04. The van der Waals surface area contributed by atoms with E-state index in [2.05, 4.69) is 20.9 Å². The second kappa shape index (κ2) is 5.00. The highest BCUT2D eigenvalue weighted by Gasteiger charge is 2.16. The smallest absolute Gasteiger partial charge is 0.195 e. The van der Waals surface area contributed by atoms with Gasteiger partial charge in [-0.05, 0) is 31.2 Å². The third-order valence-corrected chi connectivity index (χ3v) is 4.03. The lowest BCUT2D eigenvalue weighted by Gasteiger charge is -2.06. The maximum Gasteiger partial charge on any atom is 0.195 e. The maximum atomic E-state index is 13.8. The molecule has 0 amide bonds. The van der Waals surface area contributed by atoms with Crippen LogP contribution in [0, 0.1) is 12.7 Å². The van der Waals surface area contributed by atoms with Crippen LogP contribution in [0.25, 0.3) is 10.9 Å². The third-order valence-electron chi connectivity index (χ3n) is 3.54. The summed E-state index contributed by atoms with van der Waals surface area (Å²) in [6, 6.07) is 8.33. The van der Waals surface area contributed by atoms with Gasteiger partial charge < -0.3 is 10.7 Å². The predicted molar refractivity (Wildman–Crippen MR) is 85.0 cm³/mol. The molecule has 5 heteroatoms. The average molecular weight is 347 g/mol. The molecule has 1 aromatic heterocycles. The zero-order chi connectivity index (χ0) is 15.1. The maximum absolute atomic E-state index is 13.8. The van der Waals surface area contributed by atoms with Crippen molar-refractivity contribution in [2.45, 2.75) is 6.92 Å². The first-order valence-corrected chi connectivity index (χ1v) is 7.13. The van der Waals surface area contributed by atoms with Gasteiger partial charge in [-0.3, -0.25) is 4.79 Å². The highest BCUT2D eigenvalue weighted by Crippen LogP contribution is 2.26. The number of nitrogen functional groups attached to an aromatic ring is 1. The van der Waals surface area contributed by atoms with Crippen molar-refractivity contribution in [1.29, 1.82) is 0 Å². The Morgan fingerprint density at radius 2 is 2.05 bits per heavy atom. The Bertz CT molecular complexity index is 847. The summed E-state index contributed by atoms with van der Waals surface area (Å²) >= 11 is 3.38. The molecule has 0 saturated heterocycles. The molecule has 3 aromatic rings. The van der Waals surface area contributed by atoms with Gasteiger partial charge in [-0.2, -0.15) is 0 Å². The van der Waals surface area contributed by atoms with Gasteiger partial charge in [-0.1, -0.05) is 22.0 Å². The van der Waals surface area contributed by atoms with Crippen LogP contribution in [0.4, 0.5) is 10.1 Å². The molecule has 2 aromatic carbocycles. The largest absolute Gasteiger partial charge is 0.398 e. The molecule has 0 aliphatic rings. The highest BCUT2D eigenvalue weighted by atomic mass is 79.9. The molecule has 0 atom stereocenters. The quantitative estimate of drug-likeness (QED) is 0.539. The van der Waals surface area contributed by atoms with E-state index in [1.807, 2.05) is 18.2 Å². The summed E-state index contributed by atoms with van der Waals surface area (Å²) in [4.78, 5) is 15.6. The Morgan fingerprint density at radius 3 is 2.76 bits per heavy atom. The van der Waals surface area contributed by atoms with E-state index in [4.69, 9.17) is 5.73 Å². The van der Waals surface area contributed by atoms with E-state index < -0.39 is 5.82 Å². The zero-order valence-corrected chi connectivity index (χ0v) is 12.8. The van der Waals surface area contributed by atoms with Gasteiger partial charge in [-0.15, -0.1) is 0 Å². The van der Waals surface area contributed by atoms with Crippen LogP contribution in [-0.4, -0.2) is 10.8 Å². The molecule has 21 heavy (non-hydrogen) atoms. The standard InChI is InChI=1S/C16H12BrFN2O/c1-8-13(18)4-9(5-14(8)19)16(21)12-7-20-15-6-10(17)2-3-11(12)15/h2-7,20H,19H2,1H3. The fourth-order valence-electron chi connectivity index (χ4n) is 2.27. The first-order chi connectivity index (χ1) is 9.97. The van der Waals surface area contributed by atoms with Crippen LogP contribution in [0.5, 0.6) is 0 Å². The number of carbonyl (C=O) groups excluding carboxylic acids is 1. The monoisotopic (exact) mass is 346 g/mol. The van der Waals surface area contributed by atoms with Crippen molar-refractivity contribution in [2.24, 2.45) is 0 Å². The molecule has 3 nitrogen and oxygen atoms in total. The second-order valence-corrected chi connectivity index (χ2v) is 5.81. The number of anilines is 1. The van der Waals surface area contributed by atoms with Crippen molar-refractivity contribution in [3.8, 4) is 0 Å². The van der Waals surface area contributed by atoms with Crippen molar-refractivity contribution in [3.05, 3.63) is 63.5 Å². The van der Waals surface area contributed by atoms with Crippen LogP contribution in [0.2, 0.25) is 0 Å². The number of rotatable bonds is 2. The molecule has 0 aliphatic carbocycles. The number of aromatic amines is 1. The molecular weight excluding hydrogens is 335 g/mol. The Hall–Kier alpha value is -2.14. The molecule has 0 unspecified atom stereocenters. The van der Waals surface area contributed by atoms with Gasteiger partial charge in [0.05, 0.1) is 0 Å². The number of nitrogens with one attached hydrogen (secondary N) is 1. The lowest BCUT2D eigenvalue weighted by atomic mass is 10.0. The van der Waals surface area contributed by atoms with Crippen LogP contribution in [0.15, 0.2) is 41.0 Å². The number of aromatic nitrogens is 1. The van der Waals surface area contributed by atoms with Crippen LogP contribution in [-0.2, 0) is 0 Å². The molecule has 0 radical (unpaired) electrons. The minimum atomic E-state index is -0.471. The molecule has 106 valence electrons. The number of ketones is 1. The average Bonchev–Trinajstić information content (AvgIpc) is 2.86. The third kappa shape index (κ3) is 2.34. The van der Waals surface area contributed by atoms with E-state index in [-0.39, 0.29) is 17.0 Å². The van der Waals surface area contributed by atoms with Gasteiger partial charge in [0.25, 0.3) is 0 Å². The summed E-state index contributed by atoms with van der Waals surface area (Å²) in [5, 5.41) is 0.794. The summed E-state index contributed by atoms with van der Waals surface area (Å²) in [7, 11) is 0. The number of H-pyrrole nitrogens is 1. The topological polar surface area (TPSA) is 58.9 Å². The Kier molecular flexibility index (Phi) is 3.29. The molecule has 1 heterocycles. The number of hydrogen-bond acceptors (Lipinski definition) is 2. The van der Waals surface area contributed by atoms with Crippen molar-refractivity contribution >= 4 is 38.3 Å².